The minimum absolute atomic E-state index is 0.0296. The average Bonchev–Trinajstić information content (AvgIpc) is 2.37. The third-order valence-corrected chi connectivity index (χ3v) is 2.82. The average molecular weight is 354 g/mol. The number of halogens is 5. The van der Waals surface area contributed by atoms with Crippen molar-refractivity contribution >= 4 is 15.9 Å². The molecule has 20 heavy (non-hydrogen) atoms. The van der Waals surface area contributed by atoms with Crippen LogP contribution >= 0.6 is 15.9 Å². The SMILES string of the molecule is C#CCOc1ccc(Br)cc1CNCC(F)(F)C(F)F. The van der Waals surface area contributed by atoms with Crippen LogP contribution in [0.1, 0.15) is 5.56 Å². The van der Waals surface area contributed by atoms with Crippen LogP contribution in [0.5, 0.6) is 5.75 Å². The first-order chi connectivity index (χ1) is 9.36. The van der Waals surface area contributed by atoms with Crippen molar-refractivity contribution in [1.29, 1.82) is 0 Å². The quantitative estimate of drug-likeness (QED) is 0.598. The summed E-state index contributed by atoms with van der Waals surface area (Å²) in [5.41, 5.74) is 0.541. The molecule has 0 aromatic heterocycles. The molecular formula is C13H12BrF4NO. The van der Waals surface area contributed by atoms with Gasteiger partial charge < -0.3 is 10.1 Å². The minimum atomic E-state index is -4.06. The summed E-state index contributed by atoms with van der Waals surface area (Å²) in [4.78, 5) is 0. The molecule has 0 atom stereocenters. The molecule has 7 heteroatoms. The zero-order valence-corrected chi connectivity index (χ0v) is 11.9. The third-order valence-electron chi connectivity index (χ3n) is 2.33. The topological polar surface area (TPSA) is 21.3 Å². The van der Waals surface area contributed by atoms with E-state index in [0.29, 0.717) is 15.8 Å². The molecule has 0 aliphatic carbocycles. The lowest BCUT2D eigenvalue weighted by Gasteiger charge is -2.17. The highest BCUT2D eigenvalue weighted by Crippen LogP contribution is 2.25. The van der Waals surface area contributed by atoms with Crippen LogP contribution in [0.4, 0.5) is 17.6 Å². The van der Waals surface area contributed by atoms with Crippen molar-refractivity contribution in [3.8, 4) is 18.1 Å². The maximum atomic E-state index is 12.8. The fourth-order valence-electron chi connectivity index (χ4n) is 1.39. The third kappa shape index (κ3) is 5.02. The van der Waals surface area contributed by atoms with Crippen molar-refractivity contribution in [3.63, 3.8) is 0 Å². The Kier molecular flexibility index (Phi) is 6.30. The van der Waals surface area contributed by atoms with Gasteiger partial charge in [-0.05, 0) is 18.2 Å². The highest BCUT2D eigenvalue weighted by Gasteiger charge is 2.40. The molecule has 1 rings (SSSR count). The van der Waals surface area contributed by atoms with E-state index in [4.69, 9.17) is 11.2 Å². The molecular weight excluding hydrogens is 342 g/mol. The van der Waals surface area contributed by atoms with Crippen LogP contribution in [0.3, 0.4) is 0 Å². The lowest BCUT2D eigenvalue weighted by atomic mass is 10.2. The van der Waals surface area contributed by atoms with Crippen LogP contribution in [-0.4, -0.2) is 25.5 Å². The summed E-state index contributed by atoms with van der Waals surface area (Å²) in [5.74, 6) is -1.37. The molecule has 2 nitrogen and oxygen atoms in total. The maximum absolute atomic E-state index is 12.8. The summed E-state index contributed by atoms with van der Waals surface area (Å²) < 4.78 is 55.5. The van der Waals surface area contributed by atoms with Crippen molar-refractivity contribution < 1.29 is 22.3 Å². The van der Waals surface area contributed by atoms with Gasteiger partial charge in [-0.2, -0.15) is 8.78 Å². The fraction of sp³-hybridized carbons (Fsp3) is 0.385. The van der Waals surface area contributed by atoms with E-state index in [9.17, 15) is 17.6 Å². The normalized spacial score (nSPS) is 11.4. The molecule has 0 amide bonds. The van der Waals surface area contributed by atoms with E-state index < -0.39 is 18.9 Å². The first-order valence-corrected chi connectivity index (χ1v) is 6.37. The Labute approximate surface area is 122 Å². The van der Waals surface area contributed by atoms with Gasteiger partial charge in [0, 0.05) is 16.6 Å². The molecule has 110 valence electrons. The molecule has 0 aliphatic heterocycles. The van der Waals surface area contributed by atoms with Crippen molar-refractivity contribution in [2.45, 2.75) is 18.9 Å². The largest absolute Gasteiger partial charge is 0.481 e. The standard InChI is InChI=1S/C13H12BrF4NO/c1-2-5-20-11-4-3-10(14)6-9(11)7-19-8-13(17,18)12(15)16/h1,3-4,6,12,19H,5,7-8H2. The Bertz CT molecular complexity index is 488. The molecule has 1 aromatic rings. The molecule has 0 unspecified atom stereocenters. The van der Waals surface area contributed by atoms with Gasteiger partial charge >= 0.3 is 12.3 Å². The van der Waals surface area contributed by atoms with E-state index >= 15 is 0 Å². The highest BCUT2D eigenvalue weighted by molar-refractivity contribution is 9.10. The summed E-state index contributed by atoms with van der Waals surface area (Å²) in [6, 6.07) is 4.95. The molecule has 0 fully saturated rings. The predicted molar refractivity (Wildman–Crippen MR) is 71.1 cm³/mol. The van der Waals surface area contributed by atoms with Crippen LogP contribution in [-0.2, 0) is 6.54 Å². The van der Waals surface area contributed by atoms with Crippen LogP contribution in [0.25, 0.3) is 0 Å². The molecule has 0 spiro atoms. The lowest BCUT2D eigenvalue weighted by Crippen LogP contribution is -2.38. The van der Waals surface area contributed by atoms with Crippen LogP contribution in [0.2, 0.25) is 0 Å². The van der Waals surface area contributed by atoms with Gasteiger partial charge in [0.15, 0.2) is 0 Å². The first kappa shape index (κ1) is 16.8. The summed E-state index contributed by atoms with van der Waals surface area (Å²) in [7, 11) is 0. The molecule has 0 bridgehead atoms. The van der Waals surface area contributed by atoms with E-state index in [1.54, 1.807) is 18.2 Å². The summed E-state index contributed by atoms with van der Waals surface area (Å²) in [5, 5.41) is 2.28. The second-order valence-corrected chi connectivity index (χ2v) is 4.83. The van der Waals surface area contributed by atoms with E-state index in [1.165, 1.54) is 0 Å². The van der Waals surface area contributed by atoms with E-state index in [2.05, 4.69) is 27.2 Å². The molecule has 0 radical (unpaired) electrons. The van der Waals surface area contributed by atoms with Crippen LogP contribution < -0.4 is 10.1 Å². The van der Waals surface area contributed by atoms with Gasteiger partial charge in [0.1, 0.15) is 12.4 Å². The van der Waals surface area contributed by atoms with Gasteiger partial charge in [0.2, 0.25) is 0 Å². The molecule has 0 heterocycles. The predicted octanol–water partition coefficient (Wildman–Crippen LogP) is 3.45. The smallest absolute Gasteiger partial charge is 0.319 e. The number of ether oxygens (including phenoxy) is 1. The van der Waals surface area contributed by atoms with Crippen molar-refractivity contribution in [2.24, 2.45) is 0 Å². The maximum Gasteiger partial charge on any atom is 0.319 e. The summed E-state index contributed by atoms with van der Waals surface area (Å²) >= 11 is 3.23. The number of hydrogen-bond acceptors (Lipinski definition) is 2. The van der Waals surface area contributed by atoms with Crippen LogP contribution in [0, 0.1) is 12.3 Å². The van der Waals surface area contributed by atoms with Crippen molar-refractivity contribution in [3.05, 3.63) is 28.2 Å². The number of terminal acetylenes is 1. The van der Waals surface area contributed by atoms with Gasteiger partial charge in [-0.3, -0.25) is 0 Å². The number of hydrogen-bond donors (Lipinski definition) is 1. The number of benzene rings is 1. The second kappa shape index (κ2) is 7.50. The zero-order chi connectivity index (χ0) is 15.2. The van der Waals surface area contributed by atoms with Gasteiger partial charge in [-0.1, -0.05) is 21.9 Å². The molecule has 1 aromatic carbocycles. The Morgan fingerprint density at radius 1 is 1.40 bits per heavy atom. The number of nitrogens with one attached hydrogen (secondary N) is 1. The zero-order valence-electron chi connectivity index (χ0n) is 10.3. The molecule has 0 saturated carbocycles. The van der Waals surface area contributed by atoms with Gasteiger partial charge in [0.25, 0.3) is 0 Å². The highest BCUT2D eigenvalue weighted by atomic mass is 79.9. The summed E-state index contributed by atoms with van der Waals surface area (Å²) in [6.45, 7) is -1.13. The van der Waals surface area contributed by atoms with Gasteiger partial charge in [-0.25, -0.2) is 8.78 Å². The molecule has 0 saturated heterocycles. The fourth-order valence-corrected chi connectivity index (χ4v) is 1.80. The Balaban J connectivity index is 2.67. The number of alkyl halides is 4. The Morgan fingerprint density at radius 3 is 2.70 bits per heavy atom. The Hall–Kier alpha value is -1.26. The monoisotopic (exact) mass is 353 g/mol. The van der Waals surface area contributed by atoms with Crippen molar-refractivity contribution in [1.82, 2.24) is 5.32 Å². The molecule has 0 aliphatic rings. The van der Waals surface area contributed by atoms with Crippen molar-refractivity contribution in [2.75, 3.05) is 13.2 Å². The lowest BCUT2D eigenvalue weighted by molar-refractivity contribution is -0.125. The van der Waals surface area contributed by atoms with E-state index in [0.717, 1.165) is 0 Å². The Morgan fingerprint density at radius 2 is 2.10 bits per heavy atom. The number of rotatable bonds is 7. The minimum Gasteiger partial charge on any atom is -0.481 e. The molecule has 1 N–H and O–H groups in total. The van der Waals surface area contributed by atoms with Crippen LogP contribution in [0.15, 0.2) is 22.7 Å². The summed E-state index contributed by atoms with van der Waals surface area (Å²) in [6.07, 6.45) is 1.37. The van der Waals surface area contributed by atoms with Gasteiger partial charge in [0.05, 0.1) is 6.54 Å². The van der Waals surface area contributed by atoms with Gasteiger partial charge in [-0.15, -0.1) is 6.42 Å². The first-order valence-electron chi connectivity index (χ1n) is 5.58. The van der Waals surface area contributed by atoms with E-state index in [1.807, 2.05) is 0 Å². The van der Waals surface area contributed by atoms with E-state index in [-0.39, 0.29) is 13.2 Å². The second-order valence-electron chi connectivity index (χ2n) is 3.91.